The Kier molecular flexibility index (Phi) is 4.35. The highest BCUT2D eigenvalue weighted by atomic mass is 19.1. The molecule has 7 heteroatoms. The molecule has 0 saturated carbocycles. The van der Waals surface area contributed by atoms with E-state index in [9.17, 15) is 24.2 Å². The number of carbonyl (C=O) groups excluding carboxylic acids is 1. The van der Waals surface area contributed by atoms with E-state index in [4.69, 9.17) is 5.11 Å². The molecule has 0 fully saturated rings. The van der Waals surface area contributed by atoms with E-state index in [1.165, 1.54) is 0 Å². The zero-order chi connectivity index (χ0) is 13.9. The summed E-state index contributed by atoms with van der Waals surface area (Å²) in [6, 6.07) is 2.54. The van der Waals surface area contributed by atoms with E-state index in [0.717, 1.165) is 25.3 Å². The summed E-state index contributed by atoms with van der Waals surface area (Å²) >= 11 is 0. The van der Waals surface area contributed by atoms with Gasteiger partial charge in [-0.3, -0.25) is 0 Å². The third kappa shape index (κ3) is 3.02. The third-order valence-corrected chi connectivity index (χ3v) is 2.25. The minimum absolute atomic E-state index is 0.231. The van der Waals surface area contributed by atoms with Crippen LogP contribution in [0.3, 0.4) is 0 Å². The Labute approximate surface area is 101 Å². The van der Waals surface area contributed by atoms with Gasteiger partial charge < -0.3 is 20.1 Å². The summed E-state index contributed by atoms with van der Waals surface area (Å²) in [6.45, 7) is 0. The van der Waals surface area contributed by atoms with Crippen LogP contribution in [0.5, 0.6) is 0 Å². The molecule has 0 aliphatic rings. The Morgan fingerprint density at radius 3 is 2.39 bits per heavy atom. The number of carboxylic acids is 1. The Balaban J connectivity index is 3.09. The van der Waals surface area contributed by atoms with Gasteiger partial charge in [0.25, 0.3) is 0 Å². The summed E-state index contributed by atoms with van der Waals surface area (Å²) in [7, 11) is 1.01. The van der Waals surface area contributed by atoms with Crippen LogP contribution >= 0.6 is 0 Å². The number of aliphatic hydroxyl groups is 2. The molecule has 1 rings (SSSR count). The van der Waals surface area contributed by atoms with Crippen molar-refractivity contribution in [1.29, 1.82) is 0 Å². The quantitative estimate of drug-likeness (QED) is 0.661. The molecule has 0 aliphatic heterocycles. The number of methoxy groups -OCH3 is 1. The lowest BCUT2D eigenvalue weighted by molar-refractivity contribution is -0.156. The van der Waals surface area contributed by atoms with E-state index in [1.807, 2.05) is 0 Å². The Hall–Kier alpha value is -1.99. The van der Waals surface area contributed by atoms with Crippen molar-refractivity contribution in [2.24, 2.45) is 0 Å². The first kappa shape index (κ1) is 14.1. The van der Waals surface area contributed by atoms with Crippen molar-refractivity contribution in [3.63, 3.8) is 0 Å². The monoisotopic (exact) mass is 258 g/mol. The second-order valence-electron chi connectivity index (χ2n) is 3.49. The van der Waals surface area contributed by atoms with Crippen LogP contribution in [0, 0.1) is 5.82 Å². The molecular weight excluding hydrogens is 247 g/mol. The van der Waals surface area contributed by atoms with Gasteiger partial charge in [-0.25, -0.2) is 14.0 Å². The predicted octanol–water partition coefficient (Wildman–Crippen LogP) is 0.0912. The molecule has 1 aromatic rings. The van der Waals surface area contributed by atoms with Crippen molar-refractivity contribution in [2.45, 2.75) is 12.2 Å². The van der Waals surface area contributed by atoms with Crippen LogP contribution in [0.15, 0.2) is 18.2 Å². The zero-order valence-electron chi connectivity index (χ0n) is 9.33. The largest absolute Gasteiger partial charge is 0.478 e. The molecule has 18 heavy (non-hydrogen) atoms. The second kappa shape index (κ2) is 5.56. The first-order chi connectivity index (χ1) is 8.36. The SMILES string of the molecule is COC(=O)C(O)C(O)c1cc(F)cc(C(=O)O)c1. The van der Waals surface area contributed by atoms with Gasteiger partial charge in [0, 0.05) is 0 Å². The maximum absolute atomic E-state index is 13.1. The molecule has 0 amide bonds. The minimum Gasteiger partial charge on any atom is -0.478 e. The van der Waals surface area contributed by atoms with Gasteiger partial charge in [-0.15, -0.1) is 0 Å². The number of halogens is 1. The highest BCUT2D eigenvalue weighted by Crippen LogP contribution is 2.20. The first-order valence-corrected chi connectivity index (χ1v) is 4.84. The lowest BCUT2D eigenvalue weighted by Gasteiger charge is -2.16. The molecule has 0 aliphatic carbocycles. The molecular formula is C11H11FO6. The van der Waals surface area contributed by atoms with Crippen LogP contribution in [0.25, 0.3) is 0 Å². The molecule has 0 saturated heterocycles. The molecule has 0 radical (unpaired) electrons. The number of benzene rings is 1. The summed E-state index contributed by atoms with van der Waals surface area (Å²) in [6.07, 6.45) is -3.69. The highest BCUT2D eigenvalue weighted by Gasteiger charge is 2.27. The maximum atomic E-state index is 13.1. The summed E-state index contributed by atoms with van der Waals surface area (Å²) in [4.78, 5) is 21.7. The number of carbonyl (C=O) groups is 2. The number of esters is 1. The van der Waals surface area contributed by atoms with Crippen molar-refractivity contribution in [3.05, 3.63) is 35.1 Å². The fourth-order valence-corrected chi connectivity index (χ4v) is 1.34. The fourth-order valence-electron chi connectivity index (χ4n) is 1.34. The molecule has 0 heterocycles. The molecule has 3 N–H and O–H groups in total. The molecule has 0 bridgehead atoms. The van der Waals surface area contributed by atoms with Gasteiger partial charge in [0.2, 0.25) is 0 Å². The molecule has 0 spiro atoms. The van der Waals surface area contributed by atoms with Gasteiger partial charge >= 0.3 is 11.9 Å². The molecule has 2 unspecified atom stereocenters. The lowest BCUT2D eigenvalue weighted by Crippen LogP contribution is -2.29. The van der Waals surface area contributed by atoms with Crippen LogP contribution in [0.1, 0.15) is 22.0 Å². The van der Waals surface area contributed by atoms with Crippen molar-refractivity contribution < 1.29 is 34.0 Å². The first-order valence-electron chi connectivity index (χ1n) is 4.84. The minimum atomic E-state index is -1.92. The average molecular weight is 258 g/mol. The molecule has 1 aromatic carbocycles. The number of hydrogen-bond acceptors (Lipinski definition) is 5. The zero-order valence-corrected chi connectivity index (χ0v) is 9.33. The van der Waals surface area contributed by atoms with Crippen molar-refractivity contribution in [2.75, 3.05) is 7.11 Å². The Morgan fingerprint density at radius 2 is 1.89 bits per heavy atom. The van der Waals surface area contributed by atoms with E-state index in [2.05, 4.69) is 4.74 Å². The van der Waals surface area contributed by atoms with Gasteiger partial charge in [0.05, 0.1) is 12.7 Å². The second-order valence-corrected chi connectivity index (χ2v) is 3.49. The number of rotatable bonds is 4. The Bertz CT molecular complexity index is 473. The topological polar surface area (TPSA) is 104 Å². The maximum Gasteiger partial charge on any atom is 0.337 e. The van der Waals surface area contributed by atoms with E-state index < -0.39 is 35.5 Å². The number of carboxylic acid groups (broad SMARTS) is 1. The summed E-state index contributed by atoms with van der Waals surface area (Å²) < 4.78 is 17.3. The average Bonchev–Trinajstić information content (AvgIpc) is 2.35. The Morgan fingerprint density at radius 1 is 1.28 bits per heavy atom. The van der Waals surface area contributed by atoms with Gasteiger partial charge in [-0.2, -0.15) is 0 Å². The predicted molar refractivity (Wildman–Crippen MR) is 56.3 cm³/mol. The highest BCUT2D eigenvalue weighted by molar-refractivity contribution is 5.87. The molecule has 2 atom stereocenters. The van der Waals surface area contributed by atoms with Gasteiger partial charge in [0.15, 0.2) is 6.10 Å². The van der Waals surface area contributed by atoms with E-state index in [1.54, 1.807) is 0 Å². The van der Waals surface area contributed by atoms with Crippen LogP contribution in [-0.4, -0.2) is 40.5 Å². The molecule has 98 valence electrons. The standard InChI is InChI=1S/C11H11FO6/c1-18-11(17)9(14)8(13)5-2-6(10(15)16)4-7(12)3-5/h2-4,8-9,13-14H,1H3,(H,15,16). The van der Waals surface area contributed by atoms with Crippen LogP contribution in [0.4, 0.5) is 4.39 Å². The van der Waals surface area contributed by atoms with Crippen molar-refractivity contribution >= 4 is 11.9 Å². The normalized spacial score (nSPS) is 13.8. The van der Waals surface area contributed by atoms with E-state index in [0.29, 0.717) is 0 Å². The number of aliphatic hydroxyl groups excluding tert-OH is 2. The third-order valence-electron chi connectivity index (χ3n) is 2.25. The summed E-state index contributed by atoms with van der Waals surface area (Å²) in [5.41, 5.74) is -0.633. The van der Waals surface area contributed by atoms with Gasteiger partial charge in [0.1, 0.15) is 11.9 Å². The van der Waals surface area contributed by atoms with E-state index >= 15 is 0 Å². The molecule has 6 nitrogen and oxygen atoms in total. The molecule has 0 aromatic heterocycles. The van der Waals surface area contributed by atoms with Crippen LogP contribution < -0.4 is 0 Å². The van der Waals surface area contributed by atoms with Gasteiger partial charge in [-0.05, 0) is 23.8 Å². The number of aromatic carboxylic acids is 1. The van der Waals surface area contributed by atoms with Crippen molar-refractivity contribution in [3.8, 4) is 0 Å². The van der Waals surface area contributed by atoms with E-state index in [-0.39, 0.29) is 5.56 Å². The van der Waals surface area contributed by atoms with Crippen LogP contribution in [-0.2, 0) is 9.53 Å². The van der Waals surface area contributed by atoms with Crippen LogP contribution in [0.2, 0.25) is 0 Å². The summed E-state index contributed by atoms with van der Waals surface area (Å²) in [5.74, 6) is -3.40. The lowest BCUT2D eigenvalue weighted by atomic mass is 10.0. The smallest absolute Gasteiger partial charge is 0.337 e. The van der Waals surface area contributed by atoms with Gasteiger partial charge in [-0.1, -0.05) is 0 Å². The number of hydrogen-bond donors (Lipinski definition) is 3. The number of ether oxygens (including phenoxy) is 1. The fraction of sp³-hybridized carbons (Fsp3) is 0.273. The van der Waals surface area contributed by atoms with Crippen molar-refractivity contribution in [1.82, 2.24) is 0 Å². The summed E-state index contributed by atoms with van der Waals surface area (Å²) in [5, 5.41) is 27.7.